The maximum atomic E-state index is 14.3. The average Bonchev–Trinajstić information content (AvgIpc) is 2.86. The van der Waals surface area contributed by atoms with Crippen LogP contribution in [-0.2, 0) is 21.4 Å². The molecule has 3 N–H and O–H groups in total. The Balaban J connectivity index is 1.84. The van der Waals surface area contributed by atoms with Crippen molar-refractivity contribution in [3.8, 4) is 0 Å². The summed E-state index contributed by atoms with van der Waals surface area (Å²) < 4.78 is 0. The quantitative estimate of drug-likeness (QED) is 0.361. The van der Waals surface area contributed by atoms with Gasteiger partial charge in [-0.15, -0.1) is 0 Å². The number of hydrogen-bond donors (Lipinski definition) is 2. The van der Waals surface area contributed by atoms with E-state index in [1.165, 1.54) is 0 Å². The minimum atomic E-state index is -1.19. The number of carbonyl (C=O) groups excluding carboxylic acids is 2. The van der Waals surface area contributed by atoms with Crippen molar-refractivity contribution in [2.24, 2.45) is 5.73 Å². The highest BCUT2D eigenvalue weighted by molar-refractivity contribution is 6.30. The van der Waals surface area contributed by atoms with Crippen molar-refractivity contribution in [3.63, 3.8) is 0 Å². The molecule has 5 heteroatoms. The van der Waals surface area contributed by atoms with Crippen LogP contribution < -0.4 is 11.1 Å². The van der Waals surface area contributed by atoms with Gasteiger partial charge in [0.15, 0.2) is 0 Å². The molecule has 0 fully saturated rings. The Kier molecular flexibility index (Phi) is 7.09. The largest absolute Gasteiger partial charge is 0.368 e. The molecule has 0 aliphatic carbocycles. The second kappa shape index (κ2) is 10.4. The molecule has 34 heavy (non-hydrogen) atoms. The predicted molar refractivity (Wildman–Crippen MR) is 135 cm³/mol. The van der Waals surface area contributed by atoms with E-state index in [4.69, 9.17) is 17.3 Å². The van der Waals surface area contributed by atoms with Crippen molar-refractivity contribution in [2.45, 2.75) is 17.9 Å². The van der Waals surface area contributed by atoms with Crippen LogP contribution in [0.25, 0.3) is 0 Å². The lowest BCUT2D eigenvalue weighted by Gasteiger charge is -2.35. The number of nitrogens with one attached hydrogen (secondary N) is 1. The van der Waals surface area contributed by atoms with Crippen molar-refractivity contribution in [1.82, 2.24) is 5.32 Å². The Bertz CT molecular complexity index is 1160. The van der Waals surface area contributed by atoms with Crippen molar-refractivity contribution in [2.75, 3.05) is 0 Å². The molecule has 0 aliphatic rings. The molecular formula is C29H25ClN2O2. The highest BCUT2D eigenvalue weighted by atomic mass is 35.5. The van der Waals surface area contributed by atoms with Crippen LogP contribution in [-0.4, -0.2) is 17.9 Å². The molecule has 0 unspecified atom stereocenters. The molecule has 0 saturated carbocycles. The Morgan fingerprint density at radius 2 is 1.21 bits per heavy atom. The van der Waals surface area contributed by atoms with Crippen molar-refractivity contribution >= 4 is 23.4 Å². The van der Waals surface area contributed by atoms with E-state index in [9.17, 15) is 9.59 Å². The molecule has 0 saturated heterocycles. The number of nitrogens with two attached hydrogens (primary N) is 1. The van der Waals surface area contributed by atoms with Crippen LogP contribution in [0.5, 0.6) is 0 Å². The number of rotatable bonds is 8. The van der Waals surface area contributed by atoms with E-state index in [2.05, 4.69) is 5.32 Å². The van der Waals surface area contributed by atoms with Gasteiger partial charge in [0, 0.05) is 11.4 Å². The molecule has 0 bridgehead atoms. The summed E-state index contributed by atoms with van der Waals surface area (Å²) in [4.78, 5) is 26.7. The van der Waals surface area contributed by atoms with E-state index >= 15 is 0 Å². The van der Waals surface area contributed by atoms with Gasteiger partial charge in [-0.3, -0.25) is 9.59 Å². The van der Waals surface area contributed by atoms with Crippen molar-refractivity contribution in [1.29, 1.82) is 0 Å². The van der Waals surface area contributed by atoms with Gasteiger partial charge in [-0.2, -0.15) is 0 Å². The molecule has 0 aromatic heterocycles. The van der Waals surface area contributed by atoms with Gasteiger partial charge >= 0.3 is 0 Å². The number of benzene rings is 4. The van der Waals surface area contributed by atoms with E-state index in [-0.39, 0.29) is 12.3 Å². The van der Waals surface area contributed by atoms with Gasteiger partial charge in [0.1, 0.15) is 11.5 Å². The second-order valence-electron chi connectivity index (χ2n) is 8.11. The van der Waals surface area contributed by atoms with Gasteiger partial charge < -0.3 is 11.1 Å². The number of halogens is 1. The topological polar surface area (TPSA) is 72.2 Å². The molecule has 0 heterocycles. The molecule has 4 aromatic rings. The van der Waals surface area contributed by atoms with Crippen molar-refractivity contribution < 1.29 is 9.59 Å². The monoisotopic (exact) mass is 468 g/mol. The van der Waals surface area contributed by atoms with Crippen LogP contribution in [0, 0.1) is 0 Å². The molecule has 0 aliphatic heterocycles. The lowest BCUT2D eigenvalue weighted by atomic mass is 9.68. The molecular weight excluding hydrogens is 444 g/mol. The number of carbonyl (C=O) groups is 2. The standard InChI is InChI=1S/C29H25ClN2O2/c30-25-18-10-11-21(19-25)20-26(27(31)33)32-28(34)29(22-12-4-1-5-13-22,23-14-6-2-7-15-23)24-16-8-3-9-17-24/h1-19,26H,20H2,(H2,31,33)(H,32,34)/t26-/m1/s1. The highest BCUT2D eigenvalue weighted by Gasteiger charge is 2.44. The normalized spacial score (nSPS) is 12.0. The van der Waals surface area contributed by atoms with E-state index in [1.54, 1.807) is 18.2 Å². The van der Waals surface area contributed by atoms with E-state index in [0.717, 1.165) is 22.3 Å². The first-order chi connectivity index (χ1) is 16.5. The summed E-state index contributed by atoms with van der Waals surface area (Å²) in [5.41, 5.74) is 7.73. The third-order valence-corrected chi connectivity index (χ3v) is 6.17. The zero-order chi connectivity index (χ0) is 24.0. The minimum Gasteiger partial charge on any atom is -0.368 e. The lowest BCUT2D eigenvalue weighted by Crippen LogP contribution is -2.54. The number of hydrogen-bond acceptors (Lipinski definition) is 2. The Morgan fingerprint density at radius 1 is 0.735 bits per heavy atom. The van der Waals surface area contributed by atoms with E-state index in [1.807, 2.05) is 97.1 Å². The highest BCUT2D eigenvalue weighted by Crippen LogP contribution is 2.39. The fourth-order valence-electron chi connectivity index (χ4n) is 4.35. The first kappa shape index (κ1) is 23.3. The fourth-order valence-corrected chi connectivity index (χ4v) is 4.56. The second-order valence-corrected chi connectivity index (χ2v) is 8.55. The minimum absolute atomic E-state index is 0.232. The van der Waals surface area contributed by atoms with E-state index < -0.39 is 17.4 Å². The first-order valence-corrected chi connectivity index (χ1v) is 11.4. The first-order valence-electron chi connectivity index (χ1n) is 11.0. The average molecular weight is 469 g/mol. The fraction of sp³-hybridized carbons (Fsp3) is 0.103. The number of amides is 2. The summed E-state index contributed by atoms with van der Waals surface area (Å²) in [5.74, 6) is -0.946. The van der Waals surface area contributed by atoms with Gasteiger partial charge in [-0.25, -0.2) is 0 Å². The Labute approximate surface area is 204 Å². The Morgan fingerprint density at radius 3 is 1.62 bits per heavy atom. The van der Waals surface area contributed by atoms with Gasteiger partial charge in [-0.1, -0.05) is 115 Å². The van der Waals surface area contributed by atoms with Crippen LogP contribution in [0.4, 0.5) is 0 Å². The van der Waals surface area contributed by atoms with E-state index in [0.29, 0.717) is 5.02 Å². The third kappa shape index (κ3) is 4.73. The summed E-state index contributed by atoms with van der Waals surface area (Å²) in [6.07, 6.45) is 0.232. The SMILES string of the molecule is NC(=O)[C@@H](Cc1cccc(Cl)c1)NC(=O)C(c1ccccc1)(c1ccccc1)c1ccccc1. The van der Waals surface area contributed by atoms with Crippen LogP contribution in [0.2, 0.25) is 5.02 Å². The molecule has 4 nitrogen and oxygen atoms in total. The molecule has 170 valence electrons. The zero-order valence-electron chi connectivity index (χ0n) is 18.5. The summed E-state index contributed by atoms with van der Waals surface area (Å²) in [5, 5.41) is 3.52. The number of primary amides is 1. The molecule has 2 amide bonds. The van der Waals surface area contributed by atoms with Gasteiger partial charge in [0.25, 0.3) is 0 Å². The molecule has 0 radical (unpaired) electrons. The van der Waals surface area contributed by atoms with Gasteiger partial charge in [-0.05, 0) is 34.4 Å². The van der Waals surface area contributed by atoms with Crippen LogP contribution in [0.15, 0.2) is 115 Å². The zero-order valence-corrected chi connectivity index (χ0v) is 19.3. The van der Waals surface area contributed by atoms with Gasteiger partial charge in [0.05, 0.1) is 0 Å². The maximum absolute atomic E-state index is 14.3. The summed E-state index contributed by atoms with van der Waals surface area (Å²) in [7, 11) is 0. The van der Waals surface area contributed by atoms with Crippen LogP contribution >= 0.6 is 11.6 Å². The molecule has 4 aromatic carbocycles. The smallest absolute Gasteiger partial charge is 0.240 e. The van der Waals surface area contributed by atoms with Crippen LogP contribution in [0.1, 0.15) is 22.3 Å². The van der Waals surface area contributed by atoms with Crippen molar-refractivity contribution in [3.05, 3.63) is 143 Å². The van der Waals surface area contributed by atoms with Gasteiger partial charge in [0.2, 0.25) is 11.8 Å². The Hall–Kier alpha value is -3.89. The summed E-state index contributed by atoms with van der Waals surface area (Å²) in [6, 6.07) is 35.0. The van der Waals surface area contributed by atoms with Crippen LogP contribution in [0.3, 0.4) is 0 Å². The maximum Gasteiger partial charge on any atom is 0.240 e. The third-order valence-electron chi connectivity index (χ3n) is 5.94. The summed E-state index contributed by atoms with van der Waals surface area (Å²) >= 11 is 6.12. The molecule has 1 atom stereocenters. The predicted octanol–water partition coefficient (Wildman–Crippen LogP) is 4.89. The molecule has 0 spiro atoms. The summed E-state index contributed by atoms with van der Waals surface area (Å²) in [6.45, 7) is 0. The lowest BCUT2D eigenvalue weighted by molar-refractivity contribution is -0.129. The molecule has 4 rings (SSSR count).